The number of fused-ring (bicyclic) bond motifs is 6. The second-order valence-corrected chi connectivity index (χ2v) is 13.8. The van der Waals surface area contributed by atoms with Crippen LogP contribution in [-0.4, -0.2) is 31.3 Å². The van der Waals surface area contributed by atoms with Gasteiger partial charge in [-0.2, -0.15) is 0 Å². The summed E-state index contributed by atoms with van der Waals surface area (Å²) in [6, 6.07) is 41.5. The zero-order valence-corrected chi connectivity index (χ0v) is 29.2. The van der Waals surface area contributed by atoms with E-state index in [9.17, 15) is 10.0 Å². The van der Waals surface area contributed by atoms with E-state index in [1.807, 2.05) is 42.6 Å². The monoisotopic (exact) mass is 743 g/mol. The van der Waals surface area contributed by atoms with E-state index in [1.165, 1.54) is 21.9 Å². The first-order valence-electron chi connectivity index (χ1n) is 15.6. The molecule has 0 aliphatic rings. The lowest BCUT2D eigenvalue weighted by atomic mass is 9.80. The van der Waals surface area contributed by atoms with E-state index in [0.717, 1.165) is 54.2 Å². The van der Waals surface area contributed by atoms with Gasteiger partial charge in [0.2, 0.25) is 0 Å². The fourth-order valence-electron chi connectivity index (χ4n) is 6.41. The Balaban J connectivity index is 0.000000249. The van der Waals surface area contributed by atoms with E-state index in [0.29, 0.717) is 11.4 Å². The Morgan fingerprint density at radius 2 is 1.15 bits per heavy atom. The Kier molecular flexibility index (Phi) is 8.77. The first-order valence-corrected chi connectivity index (χ1v) is 17.2. The normalized spacial score (nSPS) is 11.5. The molecule has 0 saturated carbocycles. The van der Waals surface area contributed by atoms with Gasteiger partial charge < -0.3 is 19.2 Å². The minimum atomic E-state index is -1.52. The van der Waals surface area contributed by atoms with Gasteiger partial charge in [0.25, 0.3) is 0 Å². The number of aromatic nitrogens is 3. The molecule has 0 bridgehead atoms. The molecule has 8 rings (SSSR count). The van der Waals surface area contributed by atoms with Gasteiger partial charge in [0.1, 0.15) is 4.60 Å². The molecular weight excluding hydrogens is 713 g/mol. The second kappa shape index (κ2) is 13.1. The van der Waals surface area contributed by atoms with Crippen molar-refractivity contribution in [1.82, 2.24) is 14.1 Å². The van der Waals surface area contributed by atoms with Crippen LogP contribution in [0.3, 0.4) is 0 Å². The summed E-state index contributed by atoms with van der Waals surface area (Å²) in [4.78, 5) is 4.12. The molecule has 232 valence electrons. The van der Waals surface area contributed by atoms with E-state index >= 15 is 0 Å². The van der Waals surface area contributed by atoms with Crippen LogP contribution in [0.2, 0.25) is 0 Å². The van der Waals surface area contributed by atoms with E-state index in [4.69, 9.17) is 0 Å². The van der Waals surface area contributed by atoms with Crippen molar-refractivity contribution in [3.63, 3.8) is 0 Å². The fourth-order valence-corrected chi connectivity index (χ4v) is 7.17. The first-order chi connectivity index (χ1) is 22.8. The third-order valence-electron chi connectivity index (χ3n) is 8.44. The Hall–Kier alpha value is -4.21. The maximum Gasteiger partial charge on any atom is 0.488 e. The molecule has 0 spiro atoms. The Morgan fingerprint density at radius 3 is 1.74 bits per heavy atom. The fraction of sp³-hybridized carbons (Fsp3) is 0.103. The molecule has 0 saturated heterocycles. The van der Waals surface area contributed by atoms with Crippen LogP contribution >= 0.6 is 31.9 Å². The third-order valence-corrected chi connectivity index (χ3v) is 9.59. The summed E-state index contributed by atoms with van der Waals surface area (Å²) in [5.41, 5.74) is 8.28. The highest BCUT2D eigenvalue weighted by atomic mass is 79.9. The molecule has 47 heavy (non-hydrogen) atoms. The summed E-state index contributed by atoms with van der Waals surface area (Å²) in [5.74, 6) is 0.676. The summed E-state index contributed by atoms with van der Waals surface area (Å²) in [6.07, 6.45) is 2.92. The minimum Gasteiger partial charge on any atom is -0.423 e. The van der Waals surface area contributed by atoms with Gasteiger partial charge in [0.15, 0.2) is 0 Å². The van der Waals surface area contributed by atoms with E-state index in [1.54, 1.807) is 6.07 Å². The lowest BCUT2D eigenvalue weighted by Crippen LogP contribution is -2.29. The molecule has 2 N–H and O–H groups in total. The third kappa shape index (κ3) is 6.03. The van der Waals surface area contributed by atoms with Gasteiger partial charge in [-0.15, -0.1) is 0 Å². The second-order valence-electron chi connectivity index (χ2n) is 12.1. The van der Waals surface area contributed by atoms with Crippen molar-refractivity contribution >= 4 is 88.1 Å². The largest absolute Gasteiger partial charge is 0.488 e. The maximum absolute atomic E-state index is 9.86. The lowest BCUT2D eigenvalue weighted by molar-refractivity contribution is 0.426. The summed E-state index contributed by atoms with van der Waals surface area (Å²) in [7, 11) is -1.52. The number of hydrogen-bond acceptors (Lipinski definition) is 3. The number of nitrogens with zero attached hydrogens (tertiary/aromatic N) is 3. The number of benzene rings is 5. The number of hydrogen-bond donors (Lipinski definition) is 2. The standard InChI is InChI=1S/C30H21BN2O2.C9H11Br2N/c34-31(35)20-15-16-24-26-19-29-25(18-30(26)33(28(24)17-20)22-11-5-2-6-12-22)23-13-7-8-14-27(23)32(29)21-9-3-1-4-10-21;1-6(2)3-7-4-9(11)12-5-8(7)10/h1-19,34-35H;4-6H,3H2,1-2H3. The lowest BCUT2D eigenvalue weighted by Gasteiger charge is -2.09. The van der Waals surface area contributed by atoms with Crippen molar-refractivity contribution in [1.29, 1.82) is 0 Å². The highest BCUT2D eigenvalue weighted by Crippen LogP contribution is 2.39. The summed E-state index contributed by atoms with van der Waals surface area (Å²) < 4.78 is 6.53. The SMILES string of the molecule is CC(C)Cc1cc(Br)ncc1Br.OB(O)c1ccc2c3cc4c(cc3n(-c3ccccc3)c2c1)c1ccccc1n4-c1ccccc1. The van der Waals surface area contributed by atoms with Gasteiger partial charge in [-0.3, -0.25) is 0 Å². The van der Waals surface area contributed by atoms with E-state index in [2.05, 4.69) is 139 Å². The molecule has 0 aliphatic heterocycles. The molecule has 3 heterocycles. The summed E-state index contributed by atoms with van der Waals surface area (Å²) in [6.45, 7) is 4.42. The van der Waals surface area contributed by atoms with Crippen LogP contribution in [0, 0.1) is 5.92 Å². The molecule has 8 heteroatoms. The van der Waals surface area contributed by atoms with Gasteiger partial charge >= 0.3 is 7.12 Å². The Morgan fingerprint density at radius 1 is 0.617 bits per heavy atom. The maximum atomic E-state index is 9.86. The van der Waals surface area contributed by atoms with Crippen LogP contribution in [-0.2, 0) is 6.42 Å². The number of para-hydroxylation sites is 3. The molecular formula is C39H32BBr2N3O2. The predicted octanol–water partition coefficient (Wildman–Crippen LogP) is 9.37. The molecule has 5 aromatic carbocycles. The number of rotatable bonds is 5. The highest BCUT2D eigenvalue weighted by Gasteiger charge is 2.20. The Labute approximate surface area is 290 Å². The molecule has 3 aromatic heterocycles. The van der Waals surface area contributed by atoms with Crippen molar-refractivity contribution in [3.8, 4) is 11.4 Å². The summed E-state index contributed by atoms with van der Waals surface area (Å²) in [5, 5.41) is 24.3. The minimum absolute atomic E-state index is 0.473. The van der Waals surface area contributed by atoms with Crippen molar-refractivity contribution < 1.29 is 10.0 Å². The molecule has 0 unspecified atom stereocenters. The van der Waals surface area contributed by atoms with Crippen molar-refractivity contribution in [3.05, 3.63) is 142 Å². The van der Waals surface area contributed by atoms with Gasteiger partial charge in [-0.1, -0.05) is 80.6 Å². The molecule has 0 aliphatic carbocycles. The molecule has 5 nitrogen and oxygen atoms in total. The molecule has 0 amide bonds. The van der Waals surface area contributed by atoms with Crippen LogP contribution in [0.25, 0.3) is 55.0 Å². The number of pyridine rings is 1. The van der Waals surface area contributed by atoms with Crippen LogP contribution in [0.1, 0.15) is 19.4 Å². The van der Waals surface area contributed by atoms with Gasteiger partial charge in [0, 0.05) is 43.6 Å². The van der Waals surface area contributed by atoms with Gasteiger partial charge in [-0.25, -0.2) is 4.98 Å². The van der Waals surface area contributed by atoms with Crippen LogP contribution in [0.4, 0.5) is 0 Å². The van der Waals surface area contributed by atoms with Crippen LogP contribution in [0.15, 0.2) is 137 Å². The van der Waals surface area contributed by atoms with Crippen molar-refractivity contribution in [2.24, 2.45) is 5.92 Å². The summed E-state index contributed by atoms with van der Waals surface area (Å²) >= 11 is 6.83. The predicted molar refractivity (Wildman–Crippen MR) is 203 cm³/mol. The van der Waals surface area contributed by atoms with Crippen LogP contribution in [0.5, 0.6) is 0 Å². The highest BCUT2D eigenvalue weighted by molar-refractivity contribution is 9.11. The number of halogens is 2. The Bertz CT molecular complexity index is 2370. The zero-order chi connectivity index (χ0) is 32.7. The molecule has 0 atom stereocenters. The molecule has 0 radical (unpaired) electrons. The topological polar surface area (TPSA) is 63.2 Å². The average Bonchev–Trinajstić information content (AvgIpc) is 3.58. The van der Waals surface area contributed by atoms with Crippen molar-refractivity contribution in [2.45, 2.75) is 20.3 Å². The molecule has 8 aromatic rings. The zero-order valence-electron chi connectivity index (χ0n) is 26.0. The van der Waals surface area contributed by atoms with Gasteiger partial charge in [0.05, 0.1) is 22.1 Å². The van der Waals surface area contributed by atoms with E-state index < -0.39 is 7.12 Å². The average molecular weight is 745 g/mol. The van der Waals surface area contributed by atoms with Gasteiger partial charge in [-0.05, 0) is 110 Å². The molecule has 0 fully saturated rings. The smallest absolute Gasteiger partial charge is 0.423 e. The van der Waals surface area contributed by atoms with Crippen LogP contribution < -0.4 is 5.46 Å². The van der Waals surface area contributed by atoms with E-state index in [-0.39, 0.29) is 0 Å². The first kappa shape index (κ1) is 31.4. The quantitative estimate of drug-likeness (QED) is 0.136. The van der Waals surface area contributed by atoms with Crippen molar-refractivity contribution in [2.75, 3.05) is 0 Å².